The topological polar surface area (TPSA) is 29.9 Å². The highest BCUT2D eigenvalue weighted by Crippen LogP contribution is 2.21. The van der Waals surface area contributed by atoms with E-state index in [0.717, 1.165) is 19.5 Å². The zero-order valence-electron chi connectivity index (χ0n) is 10.3. The predicted molar refractivity (Wildman–Crippen MR) is 68.4 cm³/mol. The summed E-state index contributed by atoms with van der Waals surface area (Å²) in [5, 5.41) is 8.06. The summed E-state index contributed by atoms with van der Waals surface area (Å²) >= 11 is 0. The van der Waals surface area contributed by atoms with E-state index >= 15 is 0 Å². The molecule has 3 rings (SSSR count). The number of hydrogen-bond donors (Lipinski definition) is 1. The van der Waals surface area contributed by atoms with Crippen molar-refractivity contribution in [2.45, 2.75) is 26.8 Å². The molecule has 3 heteroatoms. The van der Waals surface area contributed by atoms with E-state index < -0.39 is 0 Å². The van der Waals surface area contributed by atoms with Crippen LogP contribution in [0.25, 0.3) is 5.69 Å². The van der Waals surface area contributed by atoms with Crippen LogP contribution in [0.5, 0.6) is 0 Å². The van der Waals surface area contributed by atoms with Gasteiger partial charge in [-0.05, 0) is 43.5 Å². The summed E-state index contributed by atoms with van der Waals surface area (Å²) < 4.78 is 2.04. The normalized spacial score (nSPS) is 14.7. The number of hydrogen-bond acceptors (Lipinski definition) is 2. The lowest BCUT2D eigenvalue weighted by molar-refractivity contribution is 0.629. The molecular formula is C14H17N3. The summed E-state index contributed by atoms with van der Waals surface area (Å²) in [4.78, 5) is 0. The molecule has 0 unspecified atom stereocenters. The van der Waals surface area contributed by atoms with Crippen LogP contribution in [0.2, 0.25) is 0 Å². The molecule has 1 aliphatic rings. The fraction of sp³-hybridized carbons (Fsp3) is 0.357. The number of aryl methyl sites for hydroxylation is 2. The first-order valence-corrected chi connectivity index (χ1v) is 6.10. The lowest BCUT2D eigenvalue weighted by Gasteiger charge is -2.09. The lowest BCUT2D eigenvalue weighted by atomic mass is 10.1. The zero-order chi connectivity index (χ0) is 11.8. The van der Waals surface area contributed by atoms with Gasteiger partial charge in [0.2, 0.25) is 0 Å². The average molecular weight is 227 g/mol. The highest BCUT2D eigenvalue weighted by molar-refractivity contribution is 5.47. The third-order valence-electron chi connectivity index (χ3n) is 3.41. The molecular weight excluding hydrogens is 210 g/mol. The molecule has 0 atom stereocenters. The molecule has 2 aromatic rings. The van der Waals surface area contributed by atoms with Gasteiger partial charge < -0.3 is 5.32 Å². The number of aromatic nitrogens is 2. The molecule has 0 saturated heterocycles. The van der Waals surface area contributed by atoms with Gasteiger partial charge in [0.25, 0.3) is 0 Å². The summed E-state index contributed by atoms with van der Waals surface area (Å²) in [6, 6.07) is 6.38. The number of fused-ring (bicyclic) bond motifs is 1. The Labute approximate surface area is 101 Å². The first-order valence-electron chi connectivity index (χ1n) is 6.10. The number of nitrogens with one attached hydrogen (secondary N) is 1. The lowest BCUT2D eigenvalue weighted by Crippen LogP contribution is -2.22. The molecule has 1 aliphatic heterocycles. The Balaban J connectivity index is 2.12. The van der Waals surface area contributed by atoms with Gasteiger partial charge in [-0.25, -0.2) is 4.68 Å². The van der Waals surface area contributed by atoms with Gasteiger partial charge in [0, 0.05) is 12.7 Å². The standard InChI is InChI=1S/C14H17N3/c1-10-4-3-5-11(2)14(10)17-9-12-6-7-15-8-13(12)16-17/h3-5,9,15H,6-8H2,1-2H3. The molecule has 0 bridgehead atoms. The molecule has 0 spiro atoms. The molecule has 1 N–H and O–H groups in total. The van der Waals surface area contributed by atoms with E-state index in [-0.39, 0.29) is 0 Å². The molecule has 0 amide bonds. The Kier molecular flexibility index (Phi) is 2.48. The SMILES string of the molecule is Cc1cccc(C)c1-n1cc2c(n1)CNCC2. The smallest absolute Gasteiger partial charge is 0.0799 e. The van der Waals surface area contributed by atoms with Crippen molar-refractivity contribution in [2.75, 3.05) is 6.54 Å². The van der Waals surface area contributed by atoms with E-state index in [0.29, 0.717) is 0 Å². The second-order valence-electron chi connectivity index (χ2n) is 4.71. The average Bonchev–Trinajstić information content (AvgIpc) is 2.71. The van der Waals surface area contributed by atoms with Crippen molar-refractivity contribution < 1.29 is 0 Å². The van der Waals surface area contributed by atoms with Gasteiger partial charge in [-0.15, -0.1) is 0 Å². The van der Waals surface area contributed by atoms with Crippen molar-refractivity contribution in [3.8, 4) is 5.69 Å². The molecule has 0 saturated carbocycles. The van der Waals surface area contributed by atoms with E-state index in [1.807, 2.05) is 4.68 Å². The van der Waals surface area contributed by atoms with E-state index in [1.54, 1.807) is 0 Å². The van der Waals surface area contributed by atoms with Crippen LogP contribution in [-0.4, -0.2) is 16.3 Å². The molecule has 0 fully saturated rings. The largest absolute Gasteiger partial charge is 0.311 e. The first-order chi connectivity index (χ1) is 8.25. The van der Waals surface area contributed by atoms with E-state index in [1.165, 1.54) is 28.1 Å². The Morgan fingerprint density at radius 1 is 1.24 bits per heavy atom. The monoisotopic (exact) mass is 227 g/mol. The van der Waals surface area contributed by atoms with Crippen LogP contribution in [0.3, 0.4) is 0 Å². The summed E-state index contributed by atoms with van der Waals surface area (Å²) in [6.07, 6.45) is 3.27. The van der Waals surface area contributed by atoms with E-state index in [4.69, 9.17) is 5.10 Å². The molecule has 2 heterocycles. The van der Waals surface area contributed by atoms with Crippen molar-refractivity contribution in [1.82, 2.24) is 15.1 Å². The molecule has 1 aromatic heterocycles. The zero-order valence-corrected chi connectivity index (χ0v) is 10.3. The fourth-order valence-electron chi connectivity index (χ4n) is 2.51. The van der Waals surface area contributed by atoms with Crippen LogP contribution in [0.1, 0.15) is 22.4 Å². The van der Waals surface area contributed by atoms with Gasteiger partial charge in [-0.3, -0.25) is 0 Å². The molecule has 0 aliphatic carbocycles. The molecule has 17 heavy (non-hydrogen) atoms. The van der Waals surface area contributed by atoms with Crippen molar-refractivity contribution >= 4 is 0 Å². The molecule has 3 nitrogen and oxygen atoms in total. The van der Waals surface area contributed by atoms with E-state index in [9.17, 15) is 0 Å². The van der Waals surface area contributed by atoms with Crippen LogP contribution >= 0.6 is 0 Å². The van der Waals surface area contributed by atoms with Crippen LogP contribution in [-0.2, 0) is 13.0 Å². The van der Waals surface area contributed by atoms with Crippen molar-refractivity contribution in [1.29, 1.82) is 0 Å². The molecule has 0 radical (unpaired) electrons. The van der Waals surface area contributed by atoms with Crippen molar-refractivity contribution in [3.63, 3.8) is 0 Å². The Hall–Kier alpha value is -1.61. The van der Waals surface area contributed by atoms with Gasteiger partial charge in [0.05, 0.1) is 11.4 Å². The minimum Gasteiger partial charge on any atom is -0.311 e. The quantitative estimate of drug-likeness (QED) is 0.809. The number of nitrogens with zero attached hydrogens (tertiary/aromatic N) is 2. The van der Waals surface area contributed by atoms with Crippen molar-refractivity contribution in [3.05, 3.63) is 46.8 Å². The van der Waals surface area contributed by atoms with E-state index in [2.05, 4.69) is 43.6 Å². The highest BCUT2D eigenvalue weighted by atomic mass is 15.3. The minimum absolute atomic E-state index is 0.896. The summed E-state index contributed by atoms with van der Waals surface area (Å²) in [5.74, 6) is 0. The summed E-state index contributed by atoms with van der Waals surface area (Å²) in [5.41, 5.74) is 6.35. The number of benzene rings is 1. The summed E-state index contributed by atoms with van der Waals surface area (Å²) in [6.45, 7) is 6.24. The van der Waals surface area contributed by atoms with Gasteiger partial charge >= 0.3 is 0 Å². The maximum atomic E-state index is 4.70. The van der Waals surface area contributed by atoms with Gasteiger partial charge in [0.1, 0.15) is 0 Å². The minimum atomic E-state index is 0.896. The Morgan fingerprint density at radius 2 is 2.00 bits per heavy atom. The Bertz CT molecular complexity index is 511. The second kappa shape index (κ2) is 4.00. The summed E-state index contributed by atoms with van der Waals surface area (Å²) in [7, 11) is 0. The molecule has 88 valence electrons. The molecule has 1 aromatic carbocycles. The third-order valence-corrected chi connectivity index (χ3v) is 3.41. The fourth-order valence-corrected chi connectivity index (χ4v) is 2.51. The highest BCUT2D eigenvalue weighted by Gasteiger charge is 2.15. The van der Waals surface area contributed by atoms with Crippen LogP contribution in [0, 0.1) is 13.8 Å². The van der Waals surface area contributed by atoms with Gasteiger partial charge in [0.15, 0.2) is 0 Å². The Morgan fingerprint density at radius 3 is 2.71 bits per heavy atom. The number of rotatable bonds is 1. The van der Waals surface area contributed by atoms with Gasteiger partial charge in [-0.1, -0.05) is 18.2 Å². The number of para-hydroxylation sites is 1. The third kappa shape index (κ3) is 1.76. The van der Waals surface area contributed by atoms with Crippen molar-refractivity contribution in [2.24, 2.45) is 0 Å². The predicted octanol–water partition coefficient (Wildman–Crippen LogP) is 2.13. The van der Waals surface area contributed by atoms with Crippen LogP contribution in [0.4, 0.5) is 0 Å². The first kappa shape index (κ1) is 10.5. The van der Waals surface area contributed by atoms with Crippen LogP contribution in [0.15, 0.2) is 24.4 Å². The van der Waals surface area contributed by atoms with Gasteiger partial charge in [-0.2, -0.15) is 5.10 Å². The second-order valence-corrected chi connectivity index (χ2v) is 4.71. The maximum absolute atomic E-state index is 4.70. The van der Waals surface area contributed by atoms with Crippen LogP contribution < -0.4 is 5.32 Å². The maximum Gasteiger partial charge on any atom is 0.0799 e.